The molecule has 2 aliphatic rings. The fraction of sp³-hybridized carbons (Fsp3) is 0.786. The van der Waals surface area contributed by atoms with Crippen LogP contribution in [0.15, 0.2) is 4.99 Å². The summed E-state index contributed by atoms with van der Waals surface area (Å²) in [4.78, 5) is 65.3. The van der Waals surface area contributed by atoms with Crippen molar-refractivity contribution in [1.82, 2.24) is 15.1 Å². The lowest BCUT2D eigenvalue weighted by Gasteiger charge is -2.42. The summed E-state index contributed by atoms with van der Waals surface area (Å²) in [5.41, 5.74) is 36.0. The molecule has 0 spiro atoms. The average Bonchev–Trinajstić information content (AvgIpc) is 3.05. The van der Waals surface area contributed by atoms with Crippen molar-refractivity contribution in [2.24, 2.45) is 57.0 Å². The van der Waals surface area contributed by atoms with Crippen LogP contribution in [0.25, 0.3) is 0 Å². The Kier molecular flexibility index (Phi) is 19.3. The molecule has 2 fully saturated rings. The molecule has 4 amide bonds. The minimum atomic E-state index is -1.60. The Labute approximate surface area is 302 Å². The largest absolute Gasteiger partial charge is 0.480 e. The number of aliphatic imine (C=N–C) groups is 1. The van der Waals surface area contributed by atoms with E-state index in [0.717, 1.165) is 0 Å². The van der Waals surface area contributed by atoms with Crippen LogP contribution >= 0.6 is 0 Å². The molecule has 0 aromatic carbocycles. The van der Waals surface area contributed by atoms with Crippen LogP contribution in [0.5, 0.6) is 0 Å². The van der Waals surface area contributed by atoms with Crippen LogP contribution in [0.4, 0.5) is 4.79 Å². The van der Waals surface area contributed by atoms with E-state index in [4.69, 9.17) is 60.2 Å². The molecule has 2 rings (SSSR count). The lowest BCUT2D eigenvalue weighted by Crippen LogP contribution is -2.64. The zero-order valence-corrected chi connectivity index (χ0v) is 29.4. The van der Waals surface area contributed by atoms with Gasteiger partial charge in [-0.1, -0.05) is 12.8 Å². The van der Waals surface area contributed by atoms with Gasteiger partial charge in [0.2, 0.25) is 11.8 Å². The second-order valence-corrected chi connectivity index (χ2v) is 13.7. The normalized spacial score (nSPS) is 24.0. The first-order valence-electron chi connectivity index (χ1n) is 17.0. The smallest absolute Gasteiger partial charge is 0.451 e. The molecule has 0 radical (unpaired) electrons. The molecule has 2 saturated heterocycles. The highest BCUT2D eigenvalue weighted by molar-refractivity contribution is 6.41. The minimum absolute atomic E-state index is 0.0378. The first-order valence-corrected chi connectivity index (χ1v) is 17.0. The third-order valence-corrected chi connectivity index (χ3v) is 8.94. The number of carbonyl (C=O) groups excluding carboxylic acids is 3. The van der Waals surface area contributed by atoms with E-state index in [2.05, 4.69) is 10.3 Å². The van der Waals surface area contributed by atoms with Crippen LogP contribution in [0.1, 0.15) is 51.4 Å². The summed E-state index contributed by atoms with van der Waals surface area (Å²) in [5, 5.41) is 57.3. The molecule has 2 heterocycles. The number of likely N-dealkylation sites (tertiary alicyclic amines) is 2. The molecule has 0 aromatic rings. The van der Waals surface area contributed by atoms with E-state index in [-0.39, 0.29) is 81.9 Å². The molecule has 0 unspecified atom stereocenters. The molecular weight excluding hydrogens is 688 g/mol. The summed E-state index contributed by atoms with van der Waals surface area (Å²) < 4.78 is 0. The van der Waals surface area contributed by atoms with E-state index in [1.807, 2.05) is 0 Å². The van der Waals surface area contributed by atoms with Gasteiger partial charge in [0.05, 0.1) is 12.1 Å². The van der Waals surface area contributed by atoms with Gasteiger partial charge in [-0.15, -0.1) is 0 Å². The highest BCUT2D eigenvalue weighted by Crippen LogP contribution is 2.30. The number of nitrogens with zero attached hydrogens (tertiary/aromatic N) is 3. The predicted octanol–water partition coefficient (Wildman–Crippen LogP) is -5.88. The van der Waals surface area contributed by atoms with Gasteiger partial charge in [-0.2, -0.15) is 0 Å². The van der Waals surface area contributed by atoms with Crippen molar-refractivity contribution in [3.8, 4) is 0 Å². The van der Waals surface area contributed by atoms with Crippen LogP contribution < -0.4 is 45.5 Å². The number of carboxylic acid groups (broad SMARTS) is 2. The molecule has 0 aliphatic carbocycles. The zero-order chi connectivity index (χ0) is 39.8. The number of urea groups is 1. The van der Waals surface area contributed by atoms with E-state index in [1.165, 1.54) is 9.80 Å². The molecule has 22 nitrogen and oxygen atoms in total. The number of hydrogen-bond acceptors (Lipinski definition) is 14. The van der Waals surface area contributed by atoms with Crippen molar-refractivity contribution < 1.29 is 54.3 Å². The second-order valence-electron chi connectivity index (χ2n) is 13.7. The first-order chi connectivity index (χ1) is 24.1. The molecule has 2 aliphatic heterocycles. The van der Waals surface area contributed by atoms with Crippen molar-refractivity contribution in [1.29, 1.82) is 0 Å². The summed E-state index contributed by atoms with van der Waals surface area (Å²) >= 11 is 0. The maximum Gasteiger partial charge on any atom is 0.451 e. The van der Waals surface area contributed by atoms with Gasteiger partial charge in [0.15, 0.2) is 5.96 Å². The second kappa shape index (κ2) is 21.7. The number of nitrogens with one attached hydrogen (secondary N) is 1. The molecule has 6 atom stereocenters. The number of piperidine rings is 2. The van der Waals surface area contributed by atoms with Crippen molar-refractivity contribution in [3.05, 3.63) is 0 Å². The van der Waals surface area contributed by atoms with Crippen molar-refractivity contribution in [3.63, 3.8) is 0 Å². The van der Waals surface area contributed by atoms with Crippen molar-refractivity contribution in [2.75, 3.05) is 39.3 Å². The molecule has 24 heteroatoms. The third kappa shape index (κ3) is 16.3. The maximum atomic E-state index is 12.6. The van der Waals surface area contributed by atoms with E-state index in [0.29, 0.717) is 45.1 Å². The Morgan fingerprint density at radius 1 is 0.750 bits per heavy atom. The Bertz CT molecular complexity index is 1230. The SMILES string of the molecule is NC(=O)NCCC[C@H](N)C(=O)N1C[C@@H](CCB(O)O)C[C@](N)(C(=O)O)C1.NC(N)=NCCC[C@H](N)C(=O)N1C[C@@H](CCB(O)O)C[C@](N)(C(=O)O)C1. The molecule has 0 bridgehead atoms. The van der Waals surface area contributed by atoms with Crippen molar-refractivity contribution in [2.45, 2.75) is 87.2 Å². The molecule has 0 saturated carbocycles. The van der Waals surface area contributed by atoms with Gasteiger partial charge in [-0.3, -0.25) is 24.2 Å². The molecule has 296 valence electrons. The Hall–Kier alpha value is -3.77. The van der Waals surface area contributed by atoms with Gasteiger partial charge >= 0.3 is 32.2 Å². The minimum Gasteiger partial charge on any atom is -0.480 e. The molecule has 0 aromatic heterocycles. The Morgan fingerprint density at radius 2 is 1.15 bits per heavy atom. The quantitative estimate of drug-likeness (QED) is 0.0269. The van der Waals surface area contributed by atoms with Crippen LogP contribution in [0.2, 0.25) is 12.6 Å². The van der Waals surface area contributed by atoms with E-state index in [9.17, 15) is 34.2 Å². The van der Waals surface area contributed by atoms with Gasteiger partial charge in [0, 0.05) is 39.3 Å². The zero-order valence-electron chi connectivity index (χ0n) is 29.4. The number of rotatable bonds is 18. The number of amides is 4. The number of nitrogens with two attached hydrogens (primary N) is 7. The number of carboxylic acids is 2. The summed E-state index contributed by atoms with van der Waals surface area (Å²) in [6, 6.07) is -2.33. The van der Waals surface area contributed by atoms with E-state index >= 15 is 0 Å². The van der Waals surface area contributed by atoms with Crippen LogP contribution in [-0.4, -0.2) is 153 Å². The number of aliphatic carboxylic acids is 2. The Balaban J connectivity index is 0.000000520. The highest BCUT2D eigenvalue weighted by Gasteiger charge is 2.46. The predicted molar refractivity (Wildman–Crippen MR) is 190 cm³/mol. The fourth-order valence-corrected chi connectivity index (χ4v) is 6.29. The van der Waals surface area contributed by atoms with Crippen LogP contribution in [0.3, 0.4) is 0 Å². The van der Waals surface area contributed by atoms with Gasteiger partial charge in [-0.25, -0.2) is 4.79 Å². The number of primary amides is 1. The topological polar surface area (TPSA) is 420 Å². The monoisotopic (exact) mass is 745 g/mol. The van der Waals surface area contributed by atoms with Gasteiger partial charge in [0.1, 0.15) is 11.1 Å². The van der Waals surface area contributed by atoms with E-state index < -0.39 is 61.3 Å². The maximum absolute atomic E-state index is 12.6. The number of carbonyl (C=O) groups is 5. The summed E-state index contributed by atoms with van der Waals surface area (Å²) in [6.45, 7) is 0.859. The summed E-state index contributed by atoms with van der Waals surface area (Å²) in [5.74, 6) is -3.81. The summed E-state index contributed by atoms with van der Waals surface area (Å²) in [6.07, 6.45) is 2.67. The third-order valence-electron chi connectivity index (χ3n) is 8.94. The first kappa shape index (κ1) is 46.3. The van der Waals surface area contributed by atoms with Crippen LogP contribution in [0, 0.1) is 11.8 Å². The molecular formula is C28H57B2N11O11. The lowest BCUT2D eigenvalue weighted by molar-refractivity contribution is -0.151. The fourth-order valence-electron chi connectivity index (χ4n) is 6.29. The summed E-state index contributed by atoms with van der Waals surface area (Å²) in [7, 11) is -2.99. The van der Waals surface area contributed by atoms with Crippen molar-refractivity contribution >= 4 is 50.0 Å². The van der Waals surface area contributed by atoms with Gasteiger partial charge in [-0.05, 0) is 63.0 Å². The van der Waals surface area contributed by atoms with Crippen LogP contribution in [-0.2, 0) is 19.2 Å². The number of hydrogen-bond donors (Lipinski definition) is 14. The highest BCUT2D eigenvalue weighted by atomic mass is 16.4. The van der Waals surface area contributed by atoms with E-state index in [1.54, 1.807) is 0 Å². The van der Waals surface area contributed by atoms with Gasteiger partial charge < -0.3 is 85.6 Å². The standard InChI is InChI=1S/C14H29BN6O5.C14H28BN5O6/c16-10(2-1-5-20-13(17)18)11(22)21-7-9(3-4-15(25)26)6-14(19,8-21)12(23)24;16-10(2-1-5-19-13(17)24)11(21)20-7-9(3-4-15(25)26)6-14(18,8-20)12(22)23/h9-10,25-26H,1-8,16,19H2,(H,23,24)(H4,17,18,20);9-10,25-26H,1-8,16,18H2,(H,22,23)(H3,17,19,24)/t2*9-,10-,14+/m00/s1. The average molecular weight is 745 g/mol. The lowest BCUT2D eigenvalue weighted by atomic mass is 9.75. The molecule has 52 heavy (non-hydrogen) atoms. The number of guanidine groups is 1. The molecule has 21 N–H and O–H groups in total. The Morgan fingerprint density at radius 3 is 1.50 bits per heavy atom. The van der Waals surface area contributed by atoms with Gasteiger partial charge in [0.25, 0.3) is 0 Å².